The molecule has 0 spiro atoms. The van der Waals surface area contributed by atoms with E-state index >= 15 is 0 Å². The van der Waals surface area contributed by atoms with E-state index in [0.29, 0.717) is 6.42 Å². The Balaban J connectivity index is 2.29. The normalized spacial score (nSPS) is 13.7. The number of alkyl halides is 3. The van der Waals surface area contributed by atoms with Crippen LogP contribution in [0, 0.1) is 5.92 Å². The van der Waals surface area contributed by atoms with Gasteiger partial charge >= 0.3 is 18.3 Å². The minimum Gasteiger partial charge on any atom is -0.491 e. The highest BCUT2D eigenvalue weighted by Crippen LogP contribution is 2.39. The predicted molar refractivity (Wildman–Crippen MR) is 114 cm³/mol. The van der Waals surface area contributed by atoms with Crippen LogP contribution >= 0.6 is 0 Å². The Morgan fingerprint density at radius 3 is 2.47 bits per heavy atom. The lowest BCUT2D eigenvalue weighted by Crippen LogP contribution is -2.43. The molecule has 0 saturated heterocycles. The van der Waals surface area contributed by atoms with E-state index in [1.165, 1.54) is 24.4 Å². The van der Waals surface area contributed by atoms with Crippen LogP contribution in [-0.2, 0) is 6.18 Å². The molecule has 0 radical (unpaired) electrons. The van der Waals surface area contributed by atoms with Gasteiger partial charge in [0, 0.05) is 23.3 Å². The molecule has 0 aliphatic heterocycles. The van der Waals surface area contributed by atoms with Crippen LogP contribution in [0.3, 0.4) is 0 Å². The number of hydrogen-bond acceptors (Lipinski definition) is 6. The van der Waals surface area contributed by atoms with E-state index < -0.39 is 23.4 Å². The monoisotopic (exact) mass is 454 g/mol. The fraction of sp³-hybridized carbons (Fsp3) is 0.500. The van der Waals surface area contributed by atoms with Crippen molar-refractivity contribution in [3.05, 3.63) is 36.0 Å². The fourth-order valence-electron chi connectivity index (χ4n) is 3.17. The quantitative estimate of drug-likeness (QED) is 0.594. The zero-order valence-electron chi connectivity index (χ0n) is 18.8. The summed E-state index contributed by atoms with van der Waals surface area (Å²) in [4.78, 5) is 19.6. The van der Waals surface area contributed by atoms with Crippen molar-refractivity contribution in [2.75, 3.05) is 6.61 Å². The first-order valence-electron chi connectivity index (χ1n) is 10.2. The number of nitrogens with two attached hydrogens (primary N) is 1. The van der Waals surface area contributed by atoms with Gasteiger partial charge < -0.3 is 20.5 Å². The van der Waals surface area contributed by atoms with Crippen LogP contribution in [0.2, 0.25) is 0 Å². The van der Waals surface area contributed by atoms with Gasteiger partial charge in [-0.15, -0.1) is 0 Å². The molecule has 2 aromatic rings. The maximum absolute atomic E-state index is 13.7. The average molecular weight is 454 g/mol. The Kier molecular flexibility index (Phi) is 8.06. The van der Waals surface area contributed by atoms with Crippen molar-refractivity contribution in [1.82, 2.24) is 15.3 Å². The second-order valence-corrected chi connectivity index (χ2v) is 8.66. The molecule has 0 aliphatic rings. The van der Waals surface area contributed by atoms with Crippen molar-refractivity contribution in [3.8, 4) is 23.0 Å². The third kappa shape index (κ3) is 7.67. The maximum atomic E-state index is 13.7. The number of hydrogen-bond donors (Lipinski definition) is 2. The number of nitrogens with zero attached hydrogens (tertiary/aromatic N) is 2. The first kappa shape index (κ1) is 25.4. The van der Waals surface area contributed by atoms with E-state index in [-0.39, 0.29) is 41.6 Å². The summed E-state index contributed by atoms with van der Waals surface area (Å²) in [6.07, 6.45) is -3.52. The highest BCUT2D eigenvalue weighted by molar-refractivity contribution is 5.70. The zero-order chi connectivity index (χ0) is 24.1. The Labute approximate surface area is 185 Å². The molecule has 1 heterocycles. The molecule has 0 bridgehead atoms. The standard InChI is InChI=1S/C22H29F3N4O3/c1-13(2)11-21(5,26)12-31-18-7-6-15(10-16(18)22(23,24)25)17-8-9-27-19(29-17)32-20(30)28-14(3)4/h6-10,13-14H,11-12,26H2,1-5H3,(H,28,30)/t21-/m0/s1. The van der Waals surface area contributed by atoms with Crippen LogP contribution < -0.4 is 20.5 Å². The molecule has 3 N–H and O–H groups in total. The number of ether oxygens (including phenoxy) is 2. The van der Waals surface area contributed by atoms with Crippen molar-refractivity contribution in [1.29, 1.82) is 0 Å². The molecule has 32 heavy (non-hydrogen) atoms. The maximum Gasteiger partial charge on any atom is 0.419 e. The number of carbonyl (C=O) groups is 1. The molecule has 0 aliphatic carbocycles. The predicted octanol–water partition coefficient (Wildman–Crippen LogP) is 4.80. The summed E-state index contributed by atoms with van der Waals surface area (Å²) < 4.78 is 51.6. The van der Waals surface area contributed by atoms with Crippen molar-refractivity contribution < 1.29 is 27.4 Å². The van der Waals surface area contributed by atoms with E-state index in [2.05, 4.69) is 15.3 Å². The van der Waals surface area contributed by atoms with Crippen LogP contribution in [0.4, 0.5) is 18.0 Å². The number of benzene rings is 1. The Morgan fingerprint density at radius 1 is 1.19 bits per heavy atom. The van der Waals surface area contributed by atoms with Gasteiger partial charge in [-0.05, 0) is 57.4 Å². The molecular formula is C22H29F3N4O3. The van der Waals surface area contributed by atoms with Gasteiger partial charge in [0.2, 0.25) is 0 Å². The number of amides is 1. The molecule has 1 amide bonds. The highest BCUT2D eigenvalue weighted by Gasteiger charge is 2.35. The lowest BCUT2D eigenvalue weighted by molar-refractivity contribution is -0.139. The fourth-order valence-corrected chi connectivity index (χ4v) is 3.17. The smallest absolute Gasteiger partial charge is 0.419 e. The van der Waals surface area contributed by atoms with Gasteiger partial charge in [0.25, 0.3) is 0 Å². The average Bonchev–Trinajstić information content (AvgIpc) is 2.64. The van der Waals surface area contributed by atoms with Crippen LogP contribution in [0.5, 0.6) is 11.8 Å². The van der Waals surface area contributed by atoms with Gasteiger partial charge in [-0.1, -0.05) is 13.8 Å². The van der Waals surface area contributed by atoms with Gasteiger partial charge in [-0.2, -0.15) is 18.2 Å². The third-order valence-electron chi connectivity index (χ3n) is 4.24. The molecule has 7 nitrogen and oxygen atoms in total. The summed E-state index contributed by atoms with van der Waals surface area (Å²) in [7, 11) is 0. The van der Waals surface area contributed by atoms with Gasteiger partial charge in [-0.25, -0.2) is 9.78 Å². The number of halogens is 3. The molecule has 176 valence electrons. The van der Waals surface area contributed by atoms with Gasteiger partial charge in [0.15, 0.2) is 0 Å². The Bertz CT molecular complexity index is 931. The van der Waals surface area contributed by atoms with Crippen molar-refractivity contribution in [3.63, 3.8) is 0 Å². The van der Waals surface area contributed by atoms with E-state index in [1.807, 2.05) is 13.8 Å². The Morgan fingerprint density at radius 2 is 1.88 bits per heavy atom. The van der Waals surface area contributed by atoms with Gasteiger partial charge in [0.05, 0.1) is 11.3 Å². The molecule has 0 saturated carbocycles. The lowest BCUT2D eigenvalue weighted by atomic mass is 9.93. The topological polar surface area (TPSA) is 99.4 Å². The van der Waals surface area contributed by atoms with E-state index in [1.54, 1.807) is 20.8 Å². The molecule has 1 atom stereocenters. The minimum atomic E-state index is -4.65. The van der Waals surface area contributed by atoms with E-state index in [4.69, 9.17) is 15.2 Å². The second-order valence-electron chi connectivity index (χ2n) is 8.66. The van der Waals surface area contributed by atoms with Crippen molar-refractivity contribution >= 4 is 6.09 Å². The molecule has 2 rings (SSSR count). The molecule has 0 unspecified atom stereocenters. The number of aromatic nitrogens is 2. The van der Waals surface area contributed by atoms with Crippen LogP contribution in [0.25, 0.3) is 11.3 Å². The molecule has 1 aromatic heterocycles. The summed E-state index contributed by atoms with van der Waals surface area (Å²) in [5.41, 5.74) is 4.77. The summed E-state index contributed by atoms with van der Waals surface area (Å²) in [6, 6.07) is 4.60. The molecule has 1 aromatic carbocycles. The van der Waals surface area contributed by atoms with Gasteiger partial charge in [0.1, 0.15) is 12.4 Å². The SMILES string of the molecule is CC(C)C[C@](C)(N)COc1ccc(-c2ccnc(OC(=O)NC(C)C)n2)cc1C(F)(F)F. The van der Waals surface area contributed by atoms with Crippen LogP contribution in [0.15, 0.2) is 30.5 Å². The summed E-state index contributed by atoms with van der Waals surface area (Å²) in [5.74, 6) is -0.0432. The minimum absolute atomic E-state index is 0.0654. The summed E-state index contributed by atoms with van der Waals surface area (Å²) in [5, 5.41) is 2.51. The summed E-state index contributed by atoms with van der Waals surface area (Å²) in [6.45, 7) is 9.13. The largest absolute Gasteiger partial charge is 0.491 e. The summed E-state index contributed by atoms with van der Waals surface area (Å²) >= 11 is 0. The van der Waals surface area contributed by atoms with Crippen molar-refractivity contribution in [2.45, 2.75) is 58.8 Å². The zero-order valence-corrected chi connectivity index (χ0v) is 18.8. The first-order valence-corrected chi connectivity index (χ1v) is 10.2. The highest BCUT2D eigenvalue weighted by atomic mass is 19.4. The molecular weight excluding hydrogens is 425 g/mol. The van der Waals surface area contributed by atoms with Crippen LogP contribution in [-0.4, -0.2) is 34.2 Å². The number of rotatable bonds is 8. The third-order valence-corrected chi connectivity index (χ3v) is 4.24. The van der Waals surface area contributed by atoms with E-state index in [9.17, 15) is 18.0 Å². The van der Waals surface area contributed by atoms with Crippen LogP contribution in [0.1, 0.15) is 46.6 Å². The lowest BCUT2D eigenvalue weighted by Gasteiger charge is -2.27. The van der Waals surface area contributed by atoms with E-state index in [0.717, 1.165) is 6.07 Å². The molecule has 10 heteroatoms. The first-order chi connectivity index (χ1) is 14.8. The van der Waals surface area contributed by atoms with Gasteiger partial charge in [-0.3, -0.25) is 0 Å². The Hall–Kier alpha value is -2.88. The molecule has 0 fully saturated rings. The second kappa shape index (κ2) is 10.2. The number of nitrogens with one attached hydrogen (secondary N) is 1. The number of carbonyl (C=O) groups excluding carboxylic acids is 1. The van der Waals surface area contributed by atoms with Crippen molar-refractivity contribution in [2.24, 2.45) is 11.7 Å².